The van der Waals surface area contributed by atoms with Gasteiger partial charge in [0.1, 0.15) is 5.69 Å². The second kappa shape index (κ2) is 7.42. The molecule has 1 aromatic carbocycles. The number of amides is 2. The second-order valence-electron chi connectivity index (χ2n) is 6.01. The van der Waals surface area contributed by atoms with Gasteiger partial charge in [0.2, 0.25) is 0 Å². The Kier molecular flexibility index (Phi) is 5.07. The molecular weight excluding hydrogens is 318 g/mol. The van der Waals surface area contributed by atoms with Crippen LogP contribution < -0.4 is 0 Å². The van der Waals surface area contributed by atoms with Crippen molar-refractivity contribution < 1.29 is 14.3 Å². The number of ether oxygens (including phenoxy) is 1. The van der Waals surface area contributed by atoms with Gasteiger partial charge in [-0.2, -0.15) is 0 Å². The lowest BCUT2D eigenvalue weighted by atomic mass is 10.2. The topological polar surface area (TPSA) is 54.8 Å². The smallest absolute Gasteiger partial charge is 0.409 e. The monoisotopic (exact) mass is 341 g/mol. The van der Waals surface area contributed by atoms with Gasteiger partial charge in [-0.15, -0.1) is 0 Å². The van der Waals surface area contributed by atoms with E-state index in [9.17, 15) is 9.59 Å². The predicted octanol–water partition coefficient (Wildman–Crippen LogP) is 2.61. The van der Waals surface area contributed by atoms with Crippen molar-refractivity contribution in [3.05, 3.63) is 48.2 Å². The summed E-state index contributed by atoms with van der Waals surface area (Å²) in [6.45, 7) is 4.19. The van der Waals surface area contributed by atoms with Crippen molar-refractivity contribution >= 4 is 12.0 Å². The van der Waals surface area contributed by atoms with Gasteiger partial charge in [-0.25, -0.2) is 4.79 Å². The van der Waals surface area contributed by atoms with Crippen molar-refractivity contribution in [3.63, 3.8) is 0 Å². The molecule has 0 bridgehead atoms. The SMILES string of the molecule is CCOC(=O)N1CCN(C(=O)c2ccc(-c3ccccc3)n2C)CC1. The molecule has 3 rings (SSSR count). The van der Waals surface area contributed by atoms with Gasteiger partial charge in [-0.1, -0.05) is 30.3 Å². The maximum atomic E-state index is 12.8. The van der Waals surface area contributed by atoms with Crippen LogP contribution in [0, 0.1) is 0 Å². The molecule has 25 heavy (non-hydrogen) atoms. The fourth-order valence-electron chi connectivity index (χ4n) is 3.09. The standard InChI is InChI=1S/C19H23N3O3/c1-3-25-19(24)22-13-11-21(12-14-22)18(23)17-10-9-16(20(17)2)15-7-5-4-6-8-15/h4-10H,3,11-14H2,1-2H3. The van der Waals surface area contributed by atoms with Crippen LogP contribution in [0.25, 0.3) is 11.3 Å². The Bertz CT molecular complexity index is 747. The summed E-state index contributed by atoms with van der Waals surface area (Å²) < 4.78 is 6.94. The summed E-state index contributed by atoms with van der Waals surface area (Å²) in [4.78, 5) is 28.0. The van der Waals surface area contributed by atoms with Crippen LogP contribution in [-0.2, 0) is 11.8 Å². The first-order valence-corrected chi connectivity index (χ1v) is 8.54. The lowest BCUT2D eigenvalue weighted by Crippen LogP contribution is -2.51. The number of rotatable bonds is 3. The normalized spacial score (nSPS) is 14.5. The zero-order chi connectivity index (χ0) is 17.8. The third-order valence-corrected chi connectivity index (χ3v) is 4.50. The first-order chi connectivity index (χ1) is 12.1. The average Bonchev–Trinajstić information content (AvgIpc) is 3.03. The van der Waals surface area contributed by atoms with Gasteiger partial charge >= 0.3 is 6.09 Å². The molecule has 1 fully saturated rings. The summed E-state index contributed by atoms with van der Waals surface area (Å²) in [7, 11) is 1.91. The van der Waals surface area contributed by atoms with Gasteiger partial charge in [0, 0.05) is 38.9 Å². The number of hydrogen-bond donors (Lipinski definition) is 0. The molecule has 6 nitrogen and oxygen atoms in total. The van der Waals surface area contributed by atoms with Crippen LogP contribution >= 0.6 is 0 Å². The van der Waals surface area contributed by atoms with Crippen LogP contribution in [-0.4, -0.2) is 59.2 Å². The number of nitrogens with zero attached hydrogens (tertiary/aromatic N) is 3. The van der Waals surface area contributed by atoms with E-state index in [4.69, 9.17) is 4.74 Å². The van der Waals surface area contributed by atoms with Gasteiger partial charge in [-0.05, 0) is 24.6 Å². The molecule has 2 aromatic rings. The Hall–Kier alpha value is -2.76. The molecule has 1 aliphatic heterocycles. The van der Waals surface area contributed by atoms with Gasteiger partial charge in [-0.3, -0.25) is 4.79 Å². The molecule has 1 aliphatic rings. The summed E-state index contributed by atoms with van der Waals surface area (Å²) in [5, 5.41) is 0. The van der Waals surface area contributed by atoms with Crippen molar-refractivity contribution in [1.29, 1.82) is 0 Å². The zero-order valence-electron chi connectivity index (χ0n) is 14.6. The average molecular weight is 341 g/mol. The molecule has 0 saturated carbocycles. The van der Waals surface area contributed by atoms with Gasteiger partial charge in [0.25, 0.3) is 5.91 Å². The van der Waals surface area contributed by atoms with E-state index in [0.717, 1.165) is 11.3 Å². The van der Waals surface area contributed by atoms with Crippen LogP contribution in [0.2, 0.25) is 0 Å². The molecule has 1 aromatic heterocycles. The van der Waals surface area contributed by atoms with Crippen molar-refractivity contribution in [1.82, 2.24) is 14.4 Å². The Balaban J connectivity index is 1.69. The molecule has 0 spiro atoms. The lowest BCUT2D eigenvalue weighted by Gasteiger charge is -2.34. The first kappa shape index (κ1) is 17.1. The van der Waals surface area contributed by atoms with Crippen LogP contribution in [0.1, 0.15) is 17.4 Å². The summed E-state index contributed by atoms with van der Waals surface area (Å²) in [5.74, 6) is -0.00631. The van der Waals surface area contributed by atoms with E-state index in [1.807, 2.05) is 54.1 Å². The highest BCUT2D eigenvalue weighted by atomic mass is 16.6. The minimum atomic E-state index is -0.306. The highest BCUT2D eigenvalue weighted by Crippen LogP contribution is 2.22. The zero-order valence-corrected chi connectivity index (χ0v) is 14.6. The molecule has 1 saturated heterocycles. The minimum absolute atomic E-state index is 0.00631. The fraction of sp³-hybridized carbons (Fsp3) is 0.368. The van der Waals surface area contributed by atoms with Crippen LogP contribution in [0.15, 0.2) is 42.5 Å². The van der Waals surface area contributed by atoms with Gasteiger partial charge < -0.3 is 19.1 Å². The molecule has 0 aliphatic carbocycles. The third kappa shape index (κ3) is 3.52. The number of aromatic nitrogens is 1. The summed E-state index contributed by atoms with van der Waals surface area (Å²) in [6.07, 6.45) is -0.306. The largest absolute Gasteiger partial charge is 0.450 e. The van der Waals surface area contributed by atoms with Gasteiger partial charge in [0.05, 0.1) is 6.61 Å². The Morgan fingerprint density at radius 1 is 0.960 bits per heavy atom. The lowest BCUT2D eigenvalue weighted by molar-refractivity contribution is 0.0563. The predicted molar refractivity (Wildman–Crippen MR) is 95.3 cm³/mol. The van der Waals surface area contributed by atoms with Crippen LogP contribution in [0.5, 0.6) is 0 Å². The maximum absolute atomic E-state index is 12.8. The van der Waals surface area contributed by atoms with E-state index in [2.05, 4.69) is 0 Å². The molecule has 132 valence electrons. The molecule has 0 unspecified atom stereocenters. The fourth-order valence-corrected chi connectivity index (χ4v) is 3.09. The molecule has 2 heterocycles. The maximum Gasteiger partial charge on any atom is 0.409 e. The summed E-state index contributed by atoms with van der Waals surface area (Å²) >= 11 is 0. The Morgan fingerprint density at radius 3 is 2.24 bits per heavy atom. The quantitative estimate of drug-likeness (QED) is 0.862. The molecule has 0 radical (unpaired) electrons. The van der Waals surface area contributed by atoms with E-state index in [0.29, 0.717) is 38.5 Å². The van der Waals surface area contributed by atoms with Crippen molar-refractivity contribution in [3.8, 4) is 11.3 Å². The van der Waals surface area contributed by atoms with Crippen molar-refractivity contribution in [2.75, 3.05) is 32.8 Å². The van der Waals surface area contributed by atoms with E-state index in [1.165, 1.54) is 0 Å². The second-order valence-corrected chi connectivity index (χ2v) is 6.01. The number of benzene rings is 1. The molecule has 6 heteroatoms. The first-order valence-electron chi connectivity index (χ1n) is 8.54. The third-order valence-electron chi connectivity index (χ3n) is 4.50. The van der Waals surface area contributed by atoms with Crippen molar-refractivity contribution in [2.45, 2.75) is 6.92 Å². The van der Waals surface area contributed by atoms with E-state index in [-0.39, 0.29) is 12.0 Å². The van der Waals surface area contributed by atoms with Gasteiger partial charge in [0.15, 0.2) is 0 Å². The number of carbonyl (C=O) groups excluding carboxylic acids is 2. The van der Waals surface area contributed by atoms with E-state index >= 15 is 0 Å². The van der Waals surface area contributed by atoms with Crippen molar-refractivity contribution in [2.24, 2.45) is 7.05 Å². The highest BCUT2D eigenvalue weighted by Gasteiger charge is 2.27. The van der Waals surface area contributed by atoms with Crippen LogP contribution in [0.4, 0.5) is 4.79 Å². The van der Waals surface area contributed by atoms with Crippen LogP contribution in [0.3, 0.4) is 0 Å². The molecule has 2 amide bonds. The minimum Gasteiger partial charge on any atom is -0.450 e. The molecular formula is C19H23N3O3. The summed E-state index contributed by atoms with van der Waals surface area (Å²) in [5.41, 5.74) is 2.74. The number of carbonyl (C=O) groups is 2. The van der Waals surface area contributed by atoms with E-state index < -0.39 is 0 Å². The molecule has 0 N–H and O–H groups in total. The molecule has 0 atom stereocenters. The summed E-state index contributed by atoms with van der Waals surface area (Å²) in [6, 6.07) is 13.8. The Labute approximate surface area is 147 Å². The number of hydrogen-bond acceptors (Lipinski definition) is 3. The number of piperazine rings is 1. The highest BCUT2D eigenvalue weighted by molar-refractivity contribution is 5.94. The Morgan fingerprint density at radius 2 is 1.60 bits per heavy atom. The van der Waals surface area contributed by atoms with E-state index in [1.54, 1.807) is 16.7 Å².